The Kier molecular flexibility index (Phi) is 4.83. The molecule has 0 bridgehead atoms. The summed E-state index contributed by atoms with van der Waals surface area (Å²) in [5.74, 6) is 0.281. The van der Waals surface area contributed by atoms with Crippen LogP contribution in [0.3, 0.4) is 0 Å². The molecule has 2 aromatic rings. The first-order valence-electron chi connectivity index (χ1n) is 7.82. The van der Waals surface area contributed by atoms with E-state index in [0.29, 0.717) is 18.0 Å². The van der Waals surface area contributed by atoms with Crippen LogP contribution in [0.25, 0.3) is 0 Å². The molecule has 1 fully saturated rings. The van der Waals surface area contributed by atoms with Crippen molar-refractivity contribution >= 4 is 23.3 Å². The molecule has 1 atom stereocenters. The molecule has 25 heavy (non-hydrogen) atoms. The molecule has 7 heteroatoms. The first-order valence-corrected chi connectivity index (χ1v) is 7.82. The summed E-state index contributed by atoms with van der Waals surface area (Å²) in [5, 5.41) is 5.38. The van der Waals surface area contributed by atoms with Crippen molar-refractivity contribution in [2.45, 2.75) is 12.5 Å². The summed E-state index contributed by atoms with van der Waals surface area (Å²) in [4.78, 5) is 25.8. The maximum atomic E-state index is 12.9. The van der Waals surface area contributed by atoms with Gasteiger partial charge in [-0.05, 0) is 48.5 Å². The highest BCUT2D eigenvalue weighted by atomic mass is 19.1. The number of methoxy groups -OCH3 is 1. The van der Waals surface area contributed by atoms with E-state index in [9.17, 15) is 14.0 Å². The van der Waals surface area contributed by atoms with Crippen LogP contribution in [0, 0.1) is 5.82 Å². The fraction of sp³-hybridized carbons (Fsp3) is 0.222. The van der Waals surface area contributed by atoms with E-state index in [1.807, 2.05) is 0 Å². The maximum absolute atomic E-state index is 12.9. The number of carbonyl (C=O) groups excluding carboxylic acids is 2. The van der Waals surface area contributed by atoms with Crippen molar-refractivity contribution < 1.29 is 18.7 Å². The second kappa shape index (κ2) is 7.21. The summed E-state index contributed by atoms with van der Waals surface area (Å²) in [6.07, 6.45) is 0.225. The van der Waals surface area contributed by atoms with Gasteiger partial charge in [-0.1, -0.05) is 0 Å². The summed E-state index contributed by atoms with van der Waals surface area (Å²) in [6.45, 7) is 0.391. The lowest BCUT2D eigenvalue weighted by Crippen LogP contribution is -2.39. The number of benzene rings is 2. The summed E-state index contributed by atoms with van der Waals surface area (Å²) in [5.41, 5.74) is 1.24. The van der Waals surface area contributed by atoms with Gasteiger partial charge in [-0.15, -0.1) is 0 Å². The van der Waals surface area contributed by atoms with E-state index >= 15 is 0 Å². The molecule has 0 unspecified atom stereocenters. The number of ether oxygens (including phenoxy) is 1. The van der Waals surface area contributed by atoms with Crippen molar-refractivity contribution in [1.29, 1.82) is 0 Å². The molecule has 3 rings (SSSR count). The van der Waals surface area contributed by atoms with Crippen LogP contribution in [0.15, 0.2) is 48.5 Å². The molecule has 2 N–H and O–H groups in total. The van der Waals surface area contributed by atoms with Crippen LogP contribution in [-0.2, 0) is 4.79 Å². The minimum Gasteiger partial charge on any atom is -0.497 e. The SMILES string of the molecule is COc1ccc(N2C[C@H](NC(=O)Nc3ccc(F)cc3)CC2=O)cc1. The van der Waals surface area contributed by atoms with E-state index in [0.717, 1.165) is 5.69 Å². The largest absolute Gasteiger partial charge is 0.497 e. The average Bonchev–Trinajstić information content (AvgIpc) is 2.97. The van der Waals surface area contributed by atoms with Crippen LogP contribution >= 0.6 is 0 Å². The van der Waals surface area contributed by atoms with E-state index in [1.165, 1.54) is 24.3 Å². The molecule has 1 heterocycles. The number of hydrogen-bond acceptors (Lipinski definition) is 3. The molecular weight excluding hydrogens is 325 g/mol. The number of anilines is 2. The molecule has 0 aliphatic carbocycles. The van der Waals surface area contributed by atoms with Crippen molar-refractivity contribution in [2.24, 2.45) is 0 Å². The highest BCUT2D eigenvalue weighted by Gasteiger charge is 2.31. The van der Waals surface area contributed by atoms with Gasteiger partial charge in [0.1, 0.15) is 11.6 Å². The molecule has 0 spiro atoms. The summed E-state index contributed by atoms with van der Waals surface area (Å²) in [6, 6.07) is 11.9. The summed E-state index contributed by atoms with van der Waals surface area (Å²) < 4.78 is 18.0. The molecule has 0 radical (unpaired) electrons. The number of halogens is 1. The van der Waals surface area contributed by atoms with Crippen LogP contribution in [0.1, 0.15) is 6.42 Å². The Bertz CT molecular complexity index is 762. The first kappa shape index (κ1) is 16.8. The van der Waals surface area contributed by atoms with Gasteiger partial charge in [0.25, 0.3) is 0 Å². The number of rotatable bonds is 4. The van der Waals surface area contributed by atoms with Crippen molar-refractivity contribution in [2.75, 3.05) is 23.9 Å². The Morgan fingerprint density at radius 1 is 1.16 bits per heavy atom. The van der Waals surface area contributed by atoms with Gasteiger partial charge in [0.15, 0.2) is 0 Å². The van der Waals surface area contributed by atoms with E-state index in [-0.39, 0.29) is 24.2 Å². The Morgan fingerprint density at radius 3 is 2.48 bits per heavy atom. The second-order valence-corrected chi connectivity index (χ2v) is 5.71. The predicted octanol–water partition coefficient (Wildman–Crippen LogP) is 2.76. The highest BCUT2D eigenvalue weighted by molar-refractivity contribution is 5.97. The number of hydrogen-bond donors (Lipinski definition) is 2. The van der Waals surface area contributed by atoms with Crippen LogP contribution < -0.4 is 20.3 Å². The van der Waals surface area contributed by atoms with Crippen molar-refractivity contribution in [3.63, 3.8) is 0 Å². The number of amides is 3. The molecule has 1 saturated heterocycles. The van der Waals surface area contributed by atoms with Crippen LogP contribution in [0.2, 0.25) is 0 Å². The third-order valence-electron chi connectivity index (χ3n) is 3.95. The minimum atomic E-state index is -0.430. The molecule has 130 valence electrons. The van der Waals surface area contributed by atoms with Gasteiger partial charge >= 0.3 is 6.03 Å². The van der Waals surface area contributed by atoms with Gasteiger partial charge in [-0.2, -0.15) is 0 Å². The van der Waals surface area contributed by atoms with Crippen molar-refractivity contribution in [1.82, 2.24) is 5.32 Å². The van der Waals surface area contributed by atoms with Crippen molar-refractivity contribution in [3.05, 3.63) is 54.3 Å². The zero-order valence-electron chi connectivity index (χ0n) is 13.7. The zero-order valence-corrected chi connectivity index (χ0v) is 13.7. The first-order chi connectivity index (χ1) is 12.0. The van der Waals surface area contributed by atoms with Crippen LogP contribution in [-0.4, -0.2) is 31.6 Å². The predicted molar refractivity (Wildman–Crippen MR) is 92.3 cm³/mol. The molecule has 0 aromatic heterocycles. The average molecular weight is 343 g/mol. The Morgan fingerprint density at radius 2 is 1.84 bits per heavy atom. The van der Waals surface area contributed by atoms with Gasteiger partial charge in [-0.25, -0.2) is 9.18 Å². The number of nitrogens with zero attached hydrogens (tertiary/aromatic N) is 1. The molecule has 2 aromatic carbocycles. The standard InChI is InChI=1S/C18H18FN3O3/c1-25-16-8-6-15(7-9-16)22-11-14(10-17(22)23)21-18(24)20-13-4-2-12(19)3-5-13/h2-9,14H,10-11H2,1H3,(H2,20,21,24)/t14-/m1/s1. The van der Waals surface area contributed by atoms with Crippen LogP contribution in [0.5, 0.6) is 5.75 Å². The summed E-state index contributed by atoms with van der Waals surface area (Å²) >= 11 is 0. The molecule has 1 aliphatic rings. The molecule has 1 aliphatic heterocycles. The smallest absolute Gasteiger partial charge is 0.319 e. The normalized spacial score (nSPS) is 16.6. The fourth-order valence-electron chi connectivity index (χ4n) is 2.70. The van der Waals surface area contributed by atoms with E-state index in [1.54, 1.807) is 36.3 Å². The summed E-state index contributed by atoms with van der Waals surface area (Å²) in [7, 11) is 1.58. The van der Waals surface area contributed by atoms with Crippen molar-refractivity contribution in [3.8, 4) is 5.75 Å². The van der Waals surface area contributed by atoms with Gasteiger partial charge < -0.3 is 20.3 Å². The maximum Gasteiger partial charge on any atom is 0.319 e. The fourth-order valence-corrected chi connectivity index (χ4v) is 2.70. The number of carbonyl (C=O) groups is 2. The lowest BCUT2D eigenvalue weighted by atomic mass is 10.2. The molecule has 0 saturated carbocycles. The van der Waals surface area contributed by atoms with Crippen LogP contribution in [0.4, 0.5) is 20.6 Å². The van der Waals surface area contributed by atoms with E-state index < -0.39 is 6.03 Å². The third kappa shape index (κ3) is 4.06. The molecule has 3 amide bonds. The Balaban J connectivity index is 1.58. The van der Waals surface area contributed by atoms with Gasteiger partial charge in [0.05, 0.1) is 13.2 Å². The number of nitrogens with one attached hydrogen (secondary N) is 2. The topological polar surface area (TPSA) is 70.7 Å². The molecule has 6 nitrogen and oxygen atoms in total. The lowest BCUT2D eigenvalue weighted by molar-refractivity contribution is -0.117. The third-order valence-corrected chi connectivity index (χ3v) is 3.95. The number of urea groups is 1. The zero-order chi connectivity index (χ0) is 17.8. The van der Waals surface area contributed by atoms with Gasteiger partial charge in [-0.3, -0.25) is 4.79 Å². The van der Waals surface area contributed by atoms with E-state index in [2.05, 4.69) is 10.6 Å². The highest BCUT2D eigenvalue weighted by Crippen LogP contribution is 2.24. The lowest BCUT2D eigenvalue weighted by Gasteiger charge is -2.17. The quantitative estimate of drug-likeness (QED) is 0.897. The van der Waals surface area contributed by atoms with E-state index in [4.69, 9.17) is 4.74 Å². The van der Waals surface area contributed by atoms with Gasteiger partial charge in [0, 0.05) is 24.3 Å². The monoisotopic (exact) mass is 343 g/mol. The Labute approximate surface area is 144 Å². The Hall–Kier alpha value is -3.09. The molecular formula is C18H18FN3O3. The van der Waals surface area contributed by atoms with Gasteiger partial charge in [0.2, 0.25) is 5.91 Å². The second-order valence-electron chi connectivity index (χ2n) is 5.71. The minimum absolute atomic E-state index is 0.0581.